The maximum absolute atomic E-state index is 4.42. The third-order valence-electron chi connectivity index (χ3n) is 1.76. The van der Waals surface area contributed by atoms with Gasteiger partial charge in [-0.15, -0.1) is 0 Å². The minimum atomic E-state index is 0.172. The van der Waals surface area contributed by atoms with E-state index in [0.717, 1.165) is 20.7 Å². The lowest BCUT2D eigenvalue weighted by molar-refractivity contribution is 0.810. The molecule has 0 aliphatic carbocycles. The van der Waals surface area contributed by atoms with Gasteiger partial charge in [0.25, 0.3) is 0 Å². The van der Waals surface area contributed by atoms with Gasteiger partial charge in [0.2, 0.25) is 0 Å². The summed E-state index contributed by atoms with van der Waals surface area (Å²) in [5.74, 6) is 0. The second-order valence-electron chi connectivity index (χ2n) is 2.80. The highest BCUT2D eigenvalue weighted by molar-refractivity contribution is 14.2. The normalized spacial score (nSPS) is 30.0. The van der Waals surface area contributed by atoms with Crippen molar-refractivity contribution in [2.45, 2.75) is 10.3 Å². The minimum Gasteiger partial charge on any atom is -0.268 e. The SMILES string of the molecule is [SiH3]C1=CC2CCNC(=I2)N=C1. The average molecular weight is 278 g/mol. The topological polar surface area (TPSA) is 24.4 Å². The average Bonchev–Trinajstić information content (AvgIpc) is 2.12. The van der Waals surface area contributed by atoms with Gasteiger partial charge in [0, 0.05) is 26.9 Å². The molecule has 2 bridgehead atoms. The highest BCUT2D eigenvalue weighted by Gasteiger charge is 2.12. The largest absolute Gasteiger partial charge is 0.268 e. The maximum atomic E-state index is 4.42. The summed E-state index contributed by atoms with van der Waals surface area (Å²) in [6.45, 7) is 1.13. The quantitative estimate of drug-likeness (QED) is 0.368. The van der Waals surface area contributed by atoms with Crippen molar-refractivity contribution in [3.05, 3.63) is 11.3 Å². The number of alkyl halides is 1. The van der Waals surface area contributed by atoms with E-state index >= 15 is 0 Å². The highest BCUT2D eigenvalue weighted by atomic mass is 127. The van der Waals surface area contributed by atoms with Crippen molar-refractivity contribution in [1.29, 1.82) is 0 Å². The van der Waals surface area contributed by atoms with E-state index in [2.05, 4.69) is 16.4 Å². The van der Waals surface area contributed by atoms with Gasteiger partial charge in [-0.25, -0.2) is 4.99 Å². The van der Waals surface area contributed by atoms with Crippen molar-refractivity contribution >= 4 is 40.9 Å². The van der Waals surface area contributed by atoms with Gasteiger partial charge in [-0.3, -0.25) is 5.32 Å². The van der Waals surface area contributed by atoms with E-state index in [9.17, 15) is 0 Å². The summed E-state index contributed by atoms with van der Waals surface area (Å²) in [5.41, 5.74) is 0. The third kappa shape index (κ3) is 1.85. The Morgan fingerprint density at radius 3 is 3.55 bits per heavy atom. The van der Waals surface area contributed by atoms with Crippen molar-refractivity contribution < 1.29 is 0 Å². The predicted molar refractivity (Wildman–Crippen MR) is 61.9 cm³/mol. The zero-order chi connectivity index (χ0) is 7.68. The lowest BCUT2D eigenvalue weighted by Crippen LogP contribution is -2.27. The Balaban J connectivity index is 2.32. The van der Waals surface area contributed by atoms with Crippen LogP contribution in [0.5, 0.6) is 0 Å². The summed E-state index contributed by atoms with van der Waals surface area (Å²) >= 11 is 0.172. The Hall–Kier alpha value is 0.187. The molecule has 4 heteroatoms. The van der Waals surface area contributed by atoms with Crippen LogP contribution in [0.3, 0.4) is 0 Å². The minimum absolute atomic E-state index is 0.172. The van der Waals surface area contributed by atoms with E-state index in [1.807, 2.05) is 6.21 Å². The van der Waals surface area contributed by atoms with Crippen molar-refractivity contribution in [3.8, 4) is 0 Å². The van der Waals surface area contributed by atoms with E-state index < -0.39 is 0 Å². The fourth-order valence-electron chi connectivity index (χ4n) is 1.21. The molecule has 0 aromatic heterocycles. The van der Waals surface area contributed by atoms with E-state index in [0.29, 0.717) is 0 Å². The molecule has 0 aromatic carbocycles. The Bertz CT molecular complexity index is 257. The molecule has 2 nitrogen and oxygen atoms in total. The van der Waals surface area contributed by atoms with Crippen LogP contribution in [0, 0.1) is 0 Å². The molecule has 60 valence electrons. The van der Waals surface area contributed by atoms with Gasteiger partial charge in [0.05, 0.1) is 0 Å². The Morgan fingerprint density at radius 1 is 1.73 bits per heavy atom. The molecule has 11 heavy (non-hydrogen) atoms. The fraction of sp³-hybridized carbons (Fsp3) is 0.429. The van der Waals surface area contributed by atoms with Crippen LogP contribution in [0.15, 0.2) is 16.3 Å². The van der Waals surface area contributed by atoms with E-state index in [1.54, 1.807) is 0 Å². The first kappa shape index (κ1) is 7.82. The number of fused-ring (bicyclic) bond motifs is 1. The molecule has 1 unspecified atom stereocenters. The molecule has 2 rings (SSSR count). The molecule has 1 atom stereocenters. The second-order valence-corrected chi connectivity index (χ2v) is 7.20. The Morgan fingerprint density at radius 2 is 2.64 bits per heavy atom. The smallest absolute Gasteiger partial charge is 0.134 e. The number of aliphatic imine (C=N–C) groups is 1. The zero-order valence-corrected chi connectivity index (χ0v) is 10.6. The van der Waals surface area contributed by atoms with Crippen LogP contribution in [-0.2, 0) is 0 Å². The van der Waals surface area contributed by atoms with Gasteiger partial charge in [0.15, 0.2) is 0 Å². The lowest BCUT2D eigenvalue weighted by atomic mass is 10.3. The molecular weight excluding hydrogens is 267 g/mol. The summed E-state index contributed by atoms with van der Waals surface area (Å²) in [4.78, 5) is 4.42. The first-order valence-electron chi connectivity index (χ1n) is 3.81. The van der Waals surface area contributed by atoms with Crippen LogP contribution in [0.25, 0.3) is 0 Å². The monoisotopic (exact) mass is 278 g/mol. The van der Waals surface area contributed by atoms with Gasteiger partial charge in [0.1, 0.15) is 3.76 Å². The van der Waals surface area contributed by atoms with Crippen LogP contribution in [-0.4, -0.2) is 30.7 Å². The third-order valence-corrected chi connectivity index (χ3v) is 5.38. The van der Waals surface area contributed by atoms with E-state index in [4.69, 9.17) is 0 Å². The summed E-state index contributed by atoms with van der Waals surface area (Å²) in [7, 11) is 1.15. The Kier molecular flexibility index (Phi) is 2.33. The van der Waals surface area contributed by atoms with E-state index in [1.165, 1.54) is 15.4 Å². The van der Waals surface area contributed by atoms with Gasteiger partial charge >= 0.3 is 0 Å². The lowest BCUT2D eigenvalue weighted by Gasteiger charge is -2.14. The number of halogens is 1. The van der Waals surface area contributed by atoms with Crippen LogP contribution in [0.2, 0.25) is 0 Å². The van der Waals surface area contributed by atoms with Crippen LogP contribution < -0.4 is 5.32 Å². The van der Waals surface area contributed by atoms with Gasteiger partial charge in [-0.2, -0.15) is 0 Å². The fourth-order valence-corrected chi connectivity index (χ4v) is 5.34. The second kappa shape index (κ2) is 3.28. The van der Waals surface area contributed by atoms with Gasteiger partial charge in [-0.1, -0.05) is 32.0 Å². The molecule has 2 aliphatic rings. The van der Waals surface area contributed by atoms with Crippen molar-refractivity contribution in [1.82, 2.24) is 5.32 Å². The molecule has 0 aromatic rings. The zero-order valence-electron chi connectivity index (χ0n) is 6.47. The molecule has 0 fully saturated rings. The van der Waals surface area contributed by atoms with Gasteiger partial charge < -0.3 is 0 Å². The molecule has 0 saturated heterocycles. The van der Waals surface area contributed by atoms with Crippen molar-refractivity contribution in [2.75, 3.05) is 6.54 Å². The molecular formula is C7H11IN2Si. The van der Waals surface area contributed by atoms with Crippen molar-refractivity contribution in [3.63, 3.8) is 0 Å². The predicted octanol–water partition coefficient (Wildman–Crippen LogP) is -0.260. The maximum Gasteiger partial charge on any atom is 0.134 e. The molecule has 0 amide bonds. The Labute approximate surface area is 79.3 Å². The molecule has 1 N–H and O–H groups in total. The number of rotatable bonds is 0. The van der Waals surface area contributed by atoms with Gasteiger partial charge in [-0.05, 0) is 6.42 Å². The van der Waals surface area contributed by atoms with Crippen LogP contribution in [0.4, 0.5) is 0 Å². The number of allylic oxidation sites excluding steroid dienone is 2. The summed E-state index contributed by atoms with van der Waals surface area (Å²) < 4.78 is 2.17. The molecule has 0 spiro atoms. The highest BCUT2D eigenvalue weighted by Crippen LogP contribution is 2.22. The van der Waals surface area contributed by atoms with Crippen LogP contribution >= 0.6 is 20.7 Å². The first-order valence-corrected chi connectivity index (χ1v) is 7.14. The molecule has 2 aliphatic heterocycles. The summed E-state index contributed by atoms with van der Waals surface area (Å²) in [6.07, 6.45) is 5.81. The van der Waals surface area contributed by atoms with Crippen molar-refractivity contribution in [2.24, 2.45) is 4.99 Å². The standard InChI is InChI=1S/C7H11IN2Si/c11-6-3-5-1-2-9-7(8-5)10-4-6/h3-5,9H,1-2H2,11H3. The number of hydrogen-bond donors (Lipinski definition) is 1. The molecule has 0 saturated carbocycles. The number of nitrogens with zero attached hydrogens (tertiary/aromatic N) is 1. The van der Waals surface area contributed by atoms with Crippen LogP contribution in [0.1, 0.15) is 6.42 Å². The van der Waals surface area contributed by atoms with E-state index in [-0.39, 0.29) is 20.7 Å². The number of nitrogens with one attached hydrogen (secondary N) is 1. The molecule has 0 radical (unpaired) electrons. The summed E-state index contributed by atoms with van der Waals surface area (Å²) in [6, 6.07) is 0. The molecule has 2 heterocycles. The number of hydrogen-bond acceptors (Lipinski definition) is 2. The summed E-state index contributed by atoms with van der Waals surface area (Å²) in [5, 5.41) is 4.83. The first-order chi connectivity index (χ1) is 5.34.